The number of fused-ring (bicyclic) bond motifs is 1. The van der Waals surface area contributed by atoms with E-state index in [1.807, 2.05) is 0 Å². The molecule has 0 radical (unpaired) electrons. The van der Waals surface area contributed by atoms with Gasteiger partial charge in [0, 0.05) is 12.0 Å². The minimum absolute atomic E-state index is 0.635. The highest BCUT2D eigenvalue weighted by molar-refractivity contribution is 5.86. The van der Waals surface area contributed by atoms with Gasteiger partial charge in [-0.25, -0.2) is 0 Å². The number of hydrogen-bond acceptors (Lipinski definition) is 2. The molecule has 3 rings (SSSR count). The Hall–Kier alpha value is -0.530. The quantitative estimate of drug-likeness (QED) is 0.701. The Kier molecular flexibility index (Phi) is 2.68. The van der Waals surface area contributed by atoms with Crippen molar-refractivity contribution in [2.75, 3.05) is 0 Å². The second kappa shape index (κ2) is 4.15. The van der Waals surface area contributed by atoms with Crippen LogP contribution in [0.1, 0.15) is 57.8 Å². The van der Waals surface area contributed by atoms with E-state index < -0.39 is 0 Å². The van der Waals surface area contributed by atoms with Crippen molar-refractivity contribution in [3.63, 3.8) is 0 Å². The molecule has 0 spiro atoms. The lowest BCUT2D eigenvalue weighted by Crippen LogP contribution is -2.39. The lowest BCUT2D eigenvalue weighted by atomic mass is 9.88. The van der Waals surface area contributed by atoms with E-state index in [4.69, 9.17) is 4.99 Å². The van der Waals surface area contributed by atoms with Crippen LogP contribution < -0.4 is 5.32 Å². The summed E-state index contributed by atoms with van der Waals surface area (Å²) in [5.41, 5.74) is 0. The molecule has 2 heteroatoms. The molecule has 0 aromatic heterocycles. The van der Waals surface area contributed by atoms with Gasteiger partial charge in [-0.05, 0) is 25.7 Å². The van der Waals surface area contributed by atoms with Crippen LogP contribution in [0.5, 0.6) is 0 Å². The summed E-state index contributed by atoms with van der Waals surface area (Å²) < 4.78 is 0. The predicted octanol–water partition coefficient (Wildman–Crippen LogP) is 2.88. The number of hydrogen-bond donors (Lipinski definition) is 1. The maximum absolute atomic E-state index is 4.94. The standard InChI is InChI=1S/C13H22N2/c1-2-6-10(7-3-1)13-14-11-8-4-5-9-12(11)15-13/h10-12H,1-9H2,(H,14,15). The molecule has 2 nitrogen and oxygen atoms in total. The number of nitrogens with zero attached hydrogens (tertiary/aromatic N) is 1. The van der Waals surface area contributed by atoms with Crippen molar-refractivity contribution in [1.82, 2.24) is 5.32 Å². The van der Waals surface area contributed by atoms with Crippen molar-refractivity contribution in [3.8, 4) is 0 Å². The lowest BCUT2D eigenvalue weighted by molar-refractivity contribution is 0.381. The van der Waals surface area contributed by atoms with E-state index in [2.05, 4.69) is 5.32 Å². The van der Waals surface area contributed by atoms with Gasteiger partial charge in [0.05, 0.1) is 6.04 Å². The summed E-state index contributed by atoms with van der Waals surface area (Å²) in [6.07, 6.45) is 12.5. The number of amidine groups is 1. The average Bonchev–Trinajstić information content (AvgIpc) is 2.74. The van der Waals surface area contributed by atoms with Crippen LogP contribution in [0.3, 0.4) is 0 Å². The molecular formula is C13H22N2. The first kappa shape index (κ1) is 9.68. The zero-order valence-corrected chi connectivity index (χ0v) is 9.54. The van der Waals surface area contributed by atoms with Crippen LogP contribution in [0.2, 0.25) is 0 Å². The molecular weight excluding hydrogens is 184 g/mol. The molecule has 0 saturated heterocycles. The molecule has 84 valence electrons. The Morgan fingerprint density at radius 1 is 0.867 bits per heavy atom. The van der Waals surface area contributed by atoms with E-state index in [-0.39, 0.29) is 0 Å². The van der Waals surface area contributed by atoms with Gasteiger partial charge < -0.3 is 5.32 Å². The van der Waals surface area contributed by atoms with Gasteiger partial charge in [-0.2, -0.15) is 0 Å². The minimum Gasteiger partial charge on any atom is -0.369 e. The first-order valence-electron chi connectivity index (χ1n) is 6.78. The smallest absolute Gasteiger partial charge is 0.100 e. The van der Waals surface area contributed by atoms with Gasteiger partial charge in [-0.3, -0.25) is 4.99 Å². The van der Waals surface area contributed by atoms with Crippen LogP contribution in [0.4, 0.5) is 0 Å². The molecule has 2 fully saturated rings. The predicted molar refractivity (Wildman–Crippen MR) is 63.2 cm³/mol. The summed E-state index contributed by atoms with van der Waals surface area (Å²) in [7, 11) is 0. The van der Waals surface area contributed by atoms with Gasteiger partial charge in [0.1, 0.15) is 5.84 Å². The van der Waals surface area contributed by atoms with Crippen LogP contribution in [-0.4, -0.2) is 17.9 Å². The highest BCUT2D eigenvalue weighted by atomic mass is 15.1. The van der Waals surface area contributed by atoms with E-state index in [1.54, 1.807) is 0 Å². The summed E-state index contributed by atoms with van der Waals surface area (Å²) in [5.74, 6) is 2.16. The molecule has 2 atom stereocenters. The van der Waals surface area contributed by atoms with Crippen LogP contribution in [0, 0.1) is 5.92 Å². The number of rotatable bonds is 1. The lowest BCUT2D eigenvalue weighted by Gasteiger charge is -2.25. The topological polar surface area (TPSA) is 24.4 Å². The summed E-state index contributed by atoms with van der Waals surface area (Å²) >= 11 is 0. The Balaban J connectivity index is 1.66. The zero-order chi connectivity index (χ0) is 10.1. The fraction of sp³-hybridized carbons (Fsp3) is 0.923. The Morgan fingerprint density at radius 3 is 2.40 bits per heavy atom. The van der Waals surface area contributed by atoms with E-state index in [0.29, 0.717) is 12.1 Å². The van der Waals surface area contributed by atoms with Crippen molar-refractivity contribution in [2.24, 2.45) is 10.9 Å². The minimum atomic E-state index is 0.635. The second-order valence-corrected chi connectivity index (χ2v) is 5.45. The fourth-order valence-electron chi connectivity index (χ4n) is 3.44. The van der Waals surface area contributed by atoms with Gasteiger partial charge in [0.15, 0.2) is 0 Å². The SMILES string of the molecule is C1CCC(C2=NC3CCCCC3N2)CC1. The third kappa shape index (κ3) is 1.91. The van der Waals surface area contributed by atoms with Gasteiger partial charge in [0.2, 0.25) is 0 Å². The second-order valence-electron chi connectivity index (χ2n) is 5.45. The Labute approximate surface area is 92.5 Å². The van der Waals surface area contributed by atoms with E-state index in [0.717, 1.165) is 5.92 Å². The van der Waals surface area contributed by atoms with Gasteiger partial charge >= 0.3 is 0 Å². The Morgan fingerprint density at radius 2 is 1.60 bits per heavy atom. The van der Waals surface area contributed by atoms with Crippen LogP contribution in [-0.2, 0) is 0 Å². The average molecular weight is 206 g/mol. The van der Waals surface area contributed by atoms with Gasteiger partial charge in [-0.1, -0.05) is 32.1 Å². The third-order valence-electron chi connectivity index (χ3n) is 4.36. The van der Waals surface area contributed by atoms with Crippen LogP contribution >= 0.6 is 0 Å². The zero-order valence-electron chi connectivity index (χ0n) is 9.54. The van der Waals surface area contributed by atoms with Crippen molar-refractivity contribution >= 4 is 5.84 Å². The fourth-order valence-corrected chi connectivity index (χ4v) is 3.44. The summed E-state index contributed by atoms with van der Waals surface area (Å²) in [4.78, 5) is 4.94. The third-order valence-corrected chi connectivity index (χ3v) is 4.36. The number of aliphatic imine (C=N–C) groups is 1. The van der Waals surface area contributed by atoms with E-state index in [1.165, 1.54) is 63.6 Å². The monoisotopic (exact) mass is 206 g/mol. The normalized spacial score (nSPS) is 36.9. The first-order valence-corrected chi connectivity index (χ1v) is 6.78. The first-order chi connectivity index (χ1) is 7.43. The van der Waals surface area contributed by atoms with E-state index >= 15 is 0 Å². The molecule has 1 aliphatic heterocycles. The number of nitrogens with one attached hydrogen (secondary N) is 1. The van der Waals surface area contributed by atoms with Crippen molar-refractivity contribution in [2.45, 2.75) is 69.9 Å². The van der Waals surface area contributed by atoms with Crippen LogP contribution in [0.25, 0.3) is 0 Å². The largest absolute Gasteiger partial charge is 0.369 e. The highest BCUT2D eigenvalue weighted by Crippen LogP contribution is 2.30. The summed E-state index contributed by atoms with van der Waals surface area (Å²) in [5, 5.41) is 3.71. The summed E-state index contributed by atoms with van der Waals surface area (Å²) in [6.45, 7) is 0. The molecule has 3 aliphatic rings. The maximum Gasteiger partial charge on any atom is 0.100 e. The molecule has 0 amide bonds. The summed E-state index contributed by atoms with van der Waals surface area (Å²) in [6, 6.07) is 1.34. The van der Waals surface area contributed by atoms with Gasteiger partial charge in [-0.15, -0.1) is 0 Å². The molecule has 1 heterocycles. The van der Waals surface area contributed by atoms with Crippen LogP contribution in [0.15, 0.2) is 4.99 Å². The molecule has 0 bridgehead atoms. The van der Waals surface area contributed by atoms with Crippen molar-refractivity contribution in [1.29, 1.82) is 0 Å². The van der Waals surface area contributed by atoms with Crippen molar-refractivity contribution < 1.29 is 0 Å². The maximum atomic E-state index is 4.94. The molecule has 1 N–H and O–H groups in total. The molecule has 2 unspecified atom stereocenters. The molecule has 2 saturated carbocycles. The molecule has 2 aliphatic carbocycles. The van der Waals surface area contributed by atoms with Gasteiger partial charge in [0.25, 0.3) is 0 Å². The van der Waals surface area contributed by atoms with Crippen molar-refractivity contribution in [3.05, 3.63) is 0 Å². The highest BCUT2D eigenvalue weighted by Gasteiger charge is 2.33. The molecule has 0 aromatic carbocycles. The van der Waals surface area contributed by atoms with E-state index in [9.17, 15) is 0 Å². The molecule has 15 heavy (non-hydrogen) atoms. The Bertz CT molecular complexity index is 253. The molecule has 0 aromatic rings.